The number of hydrogen-bond donors (Lipinski definition) is 1. The maximum atomic E-state index is 13.1. The molecule has 27 heavy (non-hydrogen) atoms. The molecule has 1 heterocycles. The number of unbranched alkanes of at least 4 members (excludes halogenated alkanes) is 1. The van der Waals surface area contributed by atoms with Crippen LogP contribution in [-0.4, -0.2) is 15.8 Å². The van der Waals surface area contributed by atoms with Crippen LogP contribution in [0.3, 0.4) is 0 Å². The van der Waals surface area contributed by atoms with Crippen LogP contribution >= 0.6 is 11.5 Å². The highest BCUT2D eigenvalue weighted by Gasteiger charge is 2.57. The average Bonchev–Trinajstić information content (AvgIpc) is 3.05. The van der Waals surface area contributed by atoms with Crippen molar-refractivity contribution in [2.45, 2.75) is 86.1 Å². The van der Waals surface area contributed by atoms with Gasteiger partial charge in [-0.05, 0) is 63.4 Å². The standard InChI is InChI=1S/C21H35N3O2S/c1-8-9-10-14-13-24(19(2,3)4)27-17(14)23-16(25)15-11-12-21(7,18(22)26)20(15,5)6/h13,15H,8-12H2,1-7H3,(H2,22,26)/t15-,21+/m1/s1. The molecule has 1 aromatic heterocycles. The molecular weight excluding hydrogens is 358 g/mol. The third kappa shape index (κ3) is 4.05. The number of amides is 2. The smallest absolute Gasteiger partial charge is 0.250 e. The SMILES string of the molecule is CCCCc1cn(C(C)(C)C)sc1=NC(=O)[C@H]1CC[C@@](C)(C(N)=O)C1(C)C. The van der Waals surface area contributed by atoms with Gasteiger partial charge >= 0.3 is 0 Å². The first kappa shape index (κ1) is 21.9. The molecule has 0 spiro atoms. The van der Waals surface area contributed by atoms with E-state index >= 15 is 0 Å². The number of nitrogens with zero attached hydrogens (tertiary/aromatic N) is 2. The molecule has 1 aliphatic carbocycles. The zero-order valence-corrected chi connectivity index (χ0v) is 18.7. The van der Waals surface area contributed by atoms with E-state index in [0.29, 0.717) is 12.8 Å². The molecule has 5 nitrogen and oxygen atoms in total. The number of carbonyl (C=O) groups excluding carboxylic acids is 2. The van der Waals surface area contributed by atoms with Crippen molar-refractivity contribution in [2.75, 3.05) is 0 Å². The summed E-state index contributed by atoms with van der Waals surface area (Å²) in [7, 11) is 0. The topological polar surface area (TPSA) is 77.4 Å². The summed E-state index contributed by atoms with van der Waals surface area (Å²) in [6.07, 6.45) is 6.53. The van der Waals surface area contributed by atoms with Crippen molar-refractivity contribution < 1.29 is 9.59 Å². The molecular formula is C21H35N3O2S. The van der Waals surface area contributed by atoms with Gasteiger partial charge in [-0.2, -0.15) is 0 Å². The fourth-order valence-corrected chi connectivity index (χ4v) is 4.93. The van der Waals surface area contributed by atoms with Crippen molar-refractivity contribution in [3.05, 3.63) is 16.4 Å². The van der Waals surface area contributed by atoms with Gasteiger partial charge in [-0.3, -0.25) is 13.5 Å². The van der Waals surface area contributed by atoms with E-state index in [1.165, 1.54) is 0 Å². The molecule has 2 atom stereocenters. The summed E-state index contributed by atoms with van der Waals surface area (Å²) in [4.78, 5) is 29.7. The minimum atomic E-state index is -0.672. The Morgan fingerprint density at radius 2 is 1.96 bits per heavy atom. The summed E-state index contributed by atoms with van der Waals surface area (Å²) in [6, 6.07) is 0. The molecule has 0 aliphatic heterocycles. The Morgan fingerprint density at radius 3 is 2.44 bits per heavy atom. The van der Waals surface area contributed by atoms with Crippen molar-refractivity contribution in [3.63, 3.8) is 0 Å². The van der Waals surface area contributed by atoms with Crippen molar-refractivity contribution >= 4 is 23.3 Å². The molecule has 0 radical (unpaired) electrons. The van der Waals surface area contributed by atoms with Gasteiger partial charge in [0.1, 0.15) is 4.67 Å². The second-order valence-corrected chi connectivity index (χ2v) is 10.6. The van der Waals surface area contributed by atoms with Gasteiger partial charge in [-0.25, -0.2) is 4.99 Å². The third-order valence-electron chi connectivity index (χ3n) is 6.47. The summed E-state index contributed by atoms with van der Waals surface area (Å²) < 4.78 is 2.99. The van der Waals surface area contributed by atoms with E-state index in [0.717, 1.165) is 29.5 Å². The van der Waals surface area contributed by atoms with Crippen LogP contribution in [-0.2, 0) is 21.5 Å². The summed E-state index contributed by atoms with van der Waals surface area (Å²) in [6.45, 7) is 14.5. The first-order valence-electron chi connectivity index (χ1n) is 9.95. The second kappa shape index (κ2) is 7.53. The number of aryl methyl sites for hydroxylation is 1. The predicted octanol–water partition coefficient (Wildman–Crippen LogP) is 4.00. The van der Waals surface area contributed by atoms with E-state index in [1.807, 2.05) is 20.8 Å². The molecule has 152 valence electrons. The van der Waals surface area contributed by atoms with Gasteiger partial charge in [0.25, 0.3) is 5.91 Å². The first-order valence-corrected chi connectivity index (χ1v) is 10.7. The van der Waals surface area contributed by atoms with Crippen LogP contribution in [0.15, 0.2) is 11.2 Å². The maximum absolute atomic E-state index is 13.1. The average molecular weight is 394 g/mol. The monoisotopic (exact) mass is 393 g/mol. The van der Waals surface area contributed by atoms with Crippen molar-refractivity contribution in [2.24, 2.45) is 27.5 Å². The van der Waals surface area contributed by atoms with E-state index < -0.39 is 10.8 Å². The molecule has 1 saturated carbocycles. The number of rotatable bonds is 5. The lowest BCUT2D eigenvalue weighted by molar-refractivity contribution is -0.135. The summed E-state index contributed by atoms with van der Waals surface area (Å²) in [5.74, 6) is -0.724. The highest BCUT2D eigenvalue weighted by molar-refractivity contribution is 7.04. The highest BCUT2D eigenvalue weighted by atomic mass is 32.1. The van der Waals surface area contributed by atoms with E-state index in [4.69, 9.17) is 5.73 Å². The molecule has 0 bridgehead atoms. The minimum absolute atomic E-state index is 0.0420. The van der Waals surface area contributed by atoms with Gasteiger partial charge in [-0.15, -0.1) is 0 Å². The highest BCUT2D eigenvalue weighted by Crippen LogP contribution is 2.56. The molecule has 2 rings (SSSR count). The van der Waals surface area contributed by atoms with Crippen LogP contribution in [0, 0.1) is 16.7 Å². The molecule has 2 amide bonds. The fourth-order valence-electron chi connectivity index (χ4n) is 3.89. The minimum Gasteiger partial charge on any atom is -0.369 e. The molecule has 0 aromatic carbocycles. The zero-order valence-electron chi connectivity index (χ0n) is 17.9. The Hall–Kier alpha value is -1.43. The first-order chi connectivity index (χ1) is 12.3. The summed E-state index contributed by atoms with van der Waals surface area (Å²) in [5, 5.41) is 0. The normalized spacial score (nSPS) is 25.7. The largest absolute Gasteiger partial charge is 0.369 e. The van der Waals surface area contributed by atoms with E-state index in [2.05, 4.69) is 42.8 Å². The van der Waals surface area contributed by atoms with Gasteiger partial charge in [0.15, 0.2) is 0 Å². The van der Waals surface area contributed by atoms with Gasteiger partial charge in [0, 0.05) is 23.2 Å². The Kier molecular flexibility index (Phi) is 6.10. The lowest BCUT2D eigenvalue weighted by Crippen LogP contribution is -2.45. The van der Waals surface area contributed by atoms with Crippen LogP contribution in [0.2, 0.25) is 0 Å². The Balaban J connectivity index is 2.42. The van der Waals surface area contributed by atoms with E-state index in [9.17, 15) is 9.59 Å². The molecule has 0 saturated heterocycles. The lowest BCUT2D eigenvalue weighted by atomic mass is 9.65. The number of carbonyl (C=O) groups is 2. The number of primary amides is 1. The Bertz CT molecular complexity index is 782. The van der Waals surface area contributed by atoms with E-state index in [-0.39, 0.29) is 23.3 Å². The molecule has 2 N–H and O–H groups in total. The van der Waals surface area contributed by atoms with Gasteiger partial charge in [0.05, 0.1) is 5.41 Å². The summed E-state index contributed by atoms with van der Waals surface area (Å²) >= 11 is 1.55. The zero-order chi connectivity index (χ0) is 20.6. The van der Waals surface area contributed by atoms with Crippen LogP contribution in [0.1, 0.15) is 79.7 Å². The number of aromatic nitrogens is 1. The summed E-state index contributed by atoms with van der Waals surface area (Å²) in [5.41, 5.74) is 5.59. The molecule has 1 aromatic rings. The Morgan fingerprint density at radius 1 is 1.33 bits per heavy atom. The maximum Gasteiger partial charge on any atom is 0.250 e. The fraction of sp³-hybridized carbons (Fsp3) is 0.762. The van der Waals surface area contributed by atoms with Gasteiger partial charge in [0.2, 0.25) is 5.91 Å². The second-order valence-electron chi connectivity index (χ2n) is 9.61. The predicted molar refractivity (Wildman–Crippen MR) is 110 cm³/mol. The number of nitrogens with two attached hydrogens (primary N) is 1. The third-order valence-corrected chi connectivity index (χ3v) is 7.85. The van der Waals surface area contributed by atoms with Crippen molar-refractivity contribution in [3.8, 4) is 0 Å². The molecule has 6 heteroatoms. The van der Waals surface area contributed by atoms with Crippen LogP contribution < -0.4 is 10.4 Å². The van der Waals surface area contributed by atoms with Gasteiger partial charge in [-0.1, -0.05) is 34.1 Å². The van der Waals surface area contributed by atoms with Crippen LogP contribution in [0.25, 0.3) is 0 Å². The lowest BCUT2D eigenvalue weighted by Gasteiger charge is -2.38. The number of hydrogen-bond acceptors (Lipinski definition) is 3. The van der Waals surface area contributed by atoms with Gasteiger partial charge < -0.3 is 5.73 Å². The van der Waals surface area contributed by atoms with Crippen LogP contribution in [0.4, 0.5) is 0 Å². The van der Waals surface area contributed by atoms with Crippen molar-refractivity contribution in [1.82, 2.24) is 3.96 Å². The van der Waals surface area contributed by atoms with Crippen molar-refractivity contribution in [1.29, 1.82) is 0 Å². The molecule has 1 fully saturated rings. The quantitative estimate of drug-likeness (QED) is 0.820. The Labute approximate surface area is 167 Å². The van der Waals surface area contributed by atoms with E-state index in [1.54, 1.807) is 11.5 Å². The molecule has 0 unspecified atom stereocenters. The molecule has 1 aliphatic rings. The van der Waals surface area contributed by atoms with Crippen LogP contribution in [0.5, 0.6) is 0 Å².